The average molecular weight is 371 g/mol. The number of benzene rings is 1. The summed E-state index contributed by atoms with van der Waals surface area (Å²) in [4.78, 5) is 20.4. The predicted octanol–water partition coefficient (Wildman–Crippen LogP) is 1.65. The maximum absolute atomic E-state index is 12.0. The van der Waals surface area contributed by atoms with Crippen molar-refractivity contribution in [3.8, 4) is 17.1 Å². The number of aromatic nitrogens is 5. The third-order valence-electron chi connectivity index (χ3n) is 3.92. The van der Waals surface area contributed by atoms with Crippen LogP contribution in [0, 0.1) is 0 Å². The van der Waals surface area contributed by atoms with Crippen molar-refractivity contribution in [1.82, 2.24) is 30.6 Å². The average Bonchev–Trinajstić information content (AvgIpc) is 3.31. The lowest BCUT2D eigenvalue weighted by atomic mass is 10.2. The maximum Gasteiger partial charge on any atom is 0.239 e. The van der Waals surface area contributed by atoms with E-state index in [9.17, 15) is 4.79 Å². The number of hydrogen-bond donors (Lipinski definition) is 3. The highest BCUT2D eigenvalue weighted by Crippen LogP contribution is 2.27. The lowest BCUT2D eigenvalue weighted by molar-refractivity contribution is -0.121. The minimum atomic E-state index is -0.303. The van der Waals surface area contributed by atoms with E-state index < -0.39 is 0 Å². The first-order valence-corrected chi connectivity index (χ1v) is 8.50. The Morgan fingerprint density at radius 1 is 1.37 bits per heavy atom. The van der Waals surface area contributed by atoms with E-state index in [-0.39, 0.29) is 17.9 Å². The smallest absolute Gasteiger partial charge is 0.239 e. The molecule has 1 amide bonds. The van der Waals surface area contributed by atoms with E-state index in [4.69, 9.17) is 15.0 Å². The van der Waals surface area contributed by atoms with Gasteiger partial charge in [-0.2, -0.15) is 9.97 Å². The summed E-state index contributed by atoms with van der Waals surface area (Å²) in [6.45, 7) is 1.80. The Labute approximate surface area is 155 Å². The lowest BCUT2D eigenvalue weighted by Crippen LogP contribution is -2.27. The molecule has 3 rings (SSSR count). The second-order valence-electron chi connectivity index (χ2n) is 5.93. The topological polar surface area (TPSA) is 145 Å². The summed E-state index contributed by atoms with van der Waals surface area (Å²) in [6, 6.07) is 7.14. The van der Waals surface area contributed by atoms with Gasteiger partial charge in [-0.25, -0.2) is 0 Å². The van der Waals surface area contributed by atoms with Gasteiger partial charge in [0.2, 0.25) is 23.6 Å². The molecule has 27 heavy (non-hydrogen) atoms. The van der Waals surface area contributed by atoms with Crippen molar-refractivity contribution in [2.24, 2.45) is 0 Å². The molecule has 0 aliphatic heterocycles. The molecular weight excluding hydrogens is 350 g/mol. The van der Waals surface area contributed by atoms with Crippen LogP contribution in [0.5, 0.6) is 5.75 Å². The Bertz CT molecular complexity index is 905. The van der Waals surface area contributed by atoms with Crippen LogP contribution in [-0.2, 0) is 11.2 Å². The number of anilines is 1. The summed E-state index contributed by atoms with van der Waals surface area (Å²) in [6.07, 6.45) is 1.39. The van der Waals surface area contributed by atoms with Crippen molar-refractivity contribution >= 4 is 11.9 Å². The van der Waals surface area contributed by atoms with Crippen LogP contribution < -0.4 is 15.8 Å². The van der Waals surface area contributed by atoms with Gasteiger partial charge in [-0.15, -0.1) is 5.10 Å². The van der Waals surface area contributed by atoms with Crippen molar-refractivity contribution < 1.29 is 14.1 Å². The SMILES string of the molecule is COc1ccccc1-c1noc(CCCC(=O)NC(C)c2nc(N)n[nH]2)n1. The van der Waals surface area contributed by atoms with E-state index in [1.165, 1.54) is 0 Å². The third kappa shape index (κ3) is 4.60. The lowest BCUT2D eigenvalue weighted by Gasteiger charge is -2.10. The fourth-order valence-electron chi connectivity index (χ4n) is 2.56. The van der Waals surface area contributed by atoms with E-state index in [0.717, 1.165) is 5.56 Å². The predicted molar refractivity (Wildman–Crippen MR) is 96.6 cm³/mol. The van der Waals surface area contributed by atoms with Crippen LogP contribution in [0.3, 0.4) is 0 Å². The molecule has 142 valence electrons. The van der Waals surface area contributed by atoms with Gasteiger partial charge < -0.3 is 20.3 Å². The van der Waals surface area contributed by atoms with Gasteiger partial charge >= 0.3 is 0 Å². The standard InChI is InChI=1S/C17H21N7O3/c1-10(15-21-17(18)23-22-15)19-13(25)8-5-9-14-20-16(24-27-14)11-6-3-4-7-12(11)26-2/h3-4,6-7,10H,5,8-9H2,1-2H3,(H,19,25)(H3,18,21,22,23). The van der Waals surface area contributed by atoms with Crippen LogP contribution in [0.4, 0.5) is 5.95 Å². The summed E-state index contributed by atoms with van der Waals surface area (Å²) in [5.74, 6) is 2.16. The molecule has 2 heterocycles. The molecule has 0 fully saturated rings. The highest BCUT2D eigenvalue weighted by atomic mass is 16.5. The van der Waals surface area contributed by atoms with Gasteiger partial charge in [0.1, 0.15) is 11.6 Å². The maximum atomic E-state index is 12.0. The van der Waals surface area contributed by atoms with Crippen molar-refractivity contribution in [2.45, 2.75) is 32.2 Å². The Kier molecular flexibility index (Phi) is 5.64. The molecule has 0 bridgehead atoms. The molecule has 0 spiro atoms. The van der Waals surface area contributed by atoms with Crippen molar-refractivity contribution in [1.29, 1.82) is 0 Å². The monoisotopic (exact) mass is 371 g/mol. The molecule has 1 aromatic carbocycles. The number of para-hydroxylation sites is 1. The molecule has 4 N–H and O–H groups in total. The van der Waals surface area contributed by atoms with Crippen LogP contribution in [0.15, 0.2) is 28.8 Å². The first-order chi connectivity index (χ1) is 13.1. The Hall–Kier alpha value is -3.43. The molecule has 0 saturated heterocycles. The van der Waals surface area contributed by atoms with Crippen LogP contribution >= 0.6 is 0 Å². The molecule has 0 radical (unpaired) electrons. The van der Waals surface area contributed by atoms with Crippen molar-refractivity contribution in [3.63, 3.8) is 0 Å². The zero-order valence-corrected chi connectivity index (χ0v) is 15.1. The fraction of sp³-hybridized carbons (Fsp3) is 0.353. The molecule has 2 aromatic heterocycles. The van der Waals surface area contributed by atoms with Crippen LogP contribution in [0.1, 0.15) is 37.5 Å². The van der Waals surface area contributed by atoms with Crippen LogP contribution in [0.2, 0.25) is 0 Å². The summed E-state index contributed by atoms with van der Waals surface area (Å²) in [5, 5.41) is 13.2. The quantitative estimate of drug-likeness (QED) is 0.542. The van der Waals surface area contributed by atoms with Gasteiger partial charge in [0.25, 0.3) is 0 Å². The number of nitrogens with two attached hydrogens (primary N) is 1. The zero-order valence-electron chi connectivity index (χ0n) is 15.1. The van der Waals surface area contributed by atoms with Gasteiger partial charge in [-0.1, -0.05) is 17.3 Å². The van der Waals surface area contributed by atoms with Crippen LogP contribution in [0.25, 0.3) is 11.4 Å². The van der Waals surface area contributed by atoms with Gasteiger partial charge in [-0.3, -0.25) is 9.89 Å². The van der Waals surface area contributed by atoms with E-state index >= 15 is 0 Å². The fourth-order valence-corrected chi connectivity index (χ4v) is 2.56. The second kappa shape index (κ2) is 8.30. The van der Waals surface area contributed by atoms with E-state index in [1.54, 1.807) is 14.0 Å². The Morgan fingerprint density at radius 3 is 2.93 bits per heavy atom. The molecule has 3 aromatic rings. The summed E-state index contributed by atoms with van der Waals surface area (Å²) < 4.78 is 10.6. The van der Waals surface area contributed by atoms with Crippen molar-refractivity contribution in [3.05, 3.63) is 36.0 Å². The number of nitrogens with one attached hydrogen (secondary N) is 2. The number of methoxy groups -OCH3 is 1. The normalized spacial score (nSPS) is 11.9. The number of carbonyl (C=O) groups excluding carboxylic acids is 1. The van der Waals surface area contributed by atoms with E-state index in [0.29, 0.717) is 42.6 Å². The van der Waals surface area contributed by atoms with Gasteiger partial charge in [-0.05, 0) is 25.5 Å². The molecule has 0 saturated carbocycles. The Balaban J connectivity index is 1.49. The zero-order chi connectivity index (χ0) is 19.2. The molecule has 10 heteroatoms. The largest absolute Gasteiger partial charge is 0.496 e. The number of carbonyl (C=O) groups is 1. The van der Waals surface area contributed by atoms with Gasteiger partial charge in [0.15, 0.2) is 0 Å². The Morgan fingerprint density at radius 2 is 2.19 bits per heavy atom. The first-order valence-electron chi connectivity index (χ1n) is 8.50. The van der Waals surface area contributed by atoms with Gasteiger partial charge in [0, 0.05) is 12.8 Å². The second-order valence-corrected chi connectivity index (χ2v) is 5.93. The molecule has 1 atom stereocenters. The highest BCUT2D eigenvalue weighted by molar-refractivity contribution is 5.76. The minimum Gasteiger partial charge on any atom is -0.496 e. The van der Waals surface area contributed by atoms with Crippen molar-refractivity contribution in [2.75, 3.05) is 12.8 Å². The van der Waals surface area contributed by atoms with E-state index in [1.807, 2.05) is 24.3 Å². The van der Waals surface area contributed by atoms with Crippen LogP contribution in [-0.4, -0.2) is 38.3 Å². The number of nitrogens with zero attached hydrogens (tertiary/aromatic N) is 4. The van der Waals surface area contributed by atoms with Gasteiger partial charge in [0.05, 0.1) is 18.7 Å². The number of aromatic amines is 1. The summed E-state index contributed by atoms with van der Waals surface area (Å²) >= 11 is 0. The molecule has 10 nitrogen and oxygen atoms in total. The number of rotatable bonds is 8. The molecule has 0 aliphatic rings. The number of aryl methyl sites for hydroxylation is 1. The molecular formula is C17H21N7O3. The number of ether oxygens (including phenoxy) is 1. The number of H-pyrrole nitrogens is 1. The highest BCUT2D eigenvalue weighted by Gasteiger charge is 2.15. The minimum absolute atomic E-state index is 0.109. The summed E-state index contributed by atoms with van der Waals surface area (Å²) in [5.41, 5.74) is 6.21. The number of amides is 1. The third-order valence-corrected chi connectivity index (χ3v) is 3.92. The first kappa shape index (κ1) is 18.4. The summed E-state index contributed by atoms with van der Waals surface area (Å²) in [7, 11) is 1.59. The molecule has 1 unspecified atom stereocenters. The van der Waals surface area contributed by atoms with E-state index in [2.05, 4.69) is 30.6 Å². The number of hydrogen-bond acceptors (Lipinski definition) is 8. The molecule has 0 aliphatic carbocycles. The number of nitrogen functional groups attached to an aromatic ring is 1.